The molecule has 4 rings (SSSR count). The van der Waals surface area contributed by atoms with Crippen LogP contribution in [0.25, 0.3) is 11.1 Å². The molecule has 108 valence electrons. The topological polar surface area (TPSA) is 26.0 Å². The lowest BCUT2D eigenvalue weighted by molar-refractivity contribution is -0.162. The second-order valence-electron chi connectivity index (χ2n) is 6.38. The van der Waals surface area contributed by atoms with Crippen LogP contribution in [-0.2, 0) is 0 Å². The molecule has 2 N–H and O–H groups in total. The summed E-state index contributed by atoms with van der Waals surface area (Å²) in [6, 6.07) is 16.3. The third-order valence-electron chi connectivity index (χ3n) is 5.07. The van der Waals surface area contributed by atoms with E-state index in [2.05, 4.69) is 24.3 Å². The van der Waals surface area contributed by atoms with Crippen molar-refractivity contribution in [2.75, 3.05) is 6.54 Å². The largest absolute Gasteiger partial charge is 0.330 e. The van der Waals surface area contributed by atoms with Gasteiger partial charge in [-0.3, -0.25) is 0 Å². The van der Waals surface area contributed by atoms with E-state index in [0.29, 0.717) is 6.54 Å². The van der Waals surface area contributed by atoms with E-state index in [1.165, 1.54) is 11.1 Å². The molecule has 0 bridgehead atoms. The molecule has 2 aromatic carbocycles. The highest BCUT2D eigenvalue weighted by Gasteiger charge is 2.61. The van der Waals surface area contributed by atoms with E-state index in [9.17, 15) is 8.78 Å². The fraction of sp³-hybridized carbons (Fsp3) is 0.333. The molecule has 0 unspecified atom stereocenters. The molecule has 0 atom stereocenters. The summed E-state index contributed by atoms with van der Waals surface area (Å²) in [7, 11) is 0. The SMILES string of the molecule is NCC1(C2c3ccccc3-c3ccccc32)CC(F)(F)C1. The Balaban J connectivity index is 1.90. The Hall–Kier alpha value is -1.74. The third kappa shape index (κ3) is 1.70. The molecule has 0 radical (unpaired) electrons. The minimum atomic E-state index is -2.56. The van der Waals surface area contributed by atoms with Crippen LogP contribution < -0.4 is 5.73 Å². The fourth-order valence-electron chi connectivity index (χ4n) is 4.26. The molecule has 3 heteroatoms. The van der Waals surface area contributed by atoms with Crippen molar-refractivity contribution in [2.24, 2.45) is 11.1 Å². The summed E-state index contributed by atoms with van der Waals surface area (Å²) in [5.41, 5.74) is 10.1. The lowest BCUT2D eigenvalue weighted by atomic mass is 9.56. The molecular weight excluding hydrogens is 268 g/mol. The summed E-state index contributed by atoms with van der Waals surface area (Å²) in [5, 5.41) is 0. The minimum absolute atomic E-state index is 0.00507. The van der Waals surface area contributed by atoms with Gasteiger partial charge in [0.25, 0.3) is 0 Å². The first kappa shape index (κ1) is 13.0. The van der Waals surface area contributed by atoms with Crippen LogP contribution in [0.3, 0.4) is 0 Å². The molecule has 2 aliphatic rings. The second kappa shape index (κ2) is 4.14. The molecule has 0 aromatic heterocycles. The molecule has 0 amide bonds. The Bertz CT molecular complexity index is 654. The summed E-state index contributed by atoms with van der Waals surface area (Å²) in [5.74, 6) is -2.57. The van der Waals surface area contributed by atoms with Crippen molar-refractivity contribution in [3.05, 3.63) is 59.7 Å². The van der Waals surface area contributed by atoms with E-state index in [1.54, 1.807) is 0 Å². The summed E-state index contributed by atoms with van der Waals surface area (Å²) in [6.45, 7) is 0.302. The number of fused-ring (bicyclic) bond motifs is 3. The first-order chi connectivity index (χ1) is 10.1. The van der Waals surface area contributed by atoms with E-state index in [1.807, 2.05) is 24.3 Å². The summed E-state index contributed by atoms with van der Waals surface area (Å²) >= 11 is 0. The van der Waals surface area contributed by atoms with Crippen molar-refractivity contribution in [3.63, 3.8) is 0 Å². The Morgan fingerprint density at radius 2 is 1.38 bits per heavy atom. The number of nitrogens with two attached hydrogens (primary N) is 1. The maximum Gasteiger partial charge on any atom is 0.249 e. The zero-order chi connectivity index (χ0) is 14.7. The number of hydrogen-bond donors (Lipinski definition) is 1. The lowest BCUT2D eigenvalue weighted by Crippen LogP contribution is -2.53. The first-order valence-corrected chi connectivity index (χ1v) is 7.32. The van der Waals surface area contributed by atoms with Crippen LogP contribution in [-0.4, -0.2) is 12.5 Å². The minimum Gasteiger partial charge on any atom is -0.330 e. The van der Waals surface area contributed by atoms with Gasteiger partial charge in [-0.05, 0) is 28.8 Å². The van der Waals surface area contributed by atoms with Crippen molar-refractivity contribution < 1.29 is 8.78 Å². The van der Waals surface area contributed by atoms with Gasteiger partial charge < -0.3 is 5.73 Å². The van der Waals surface area contributed by atoms with Gasteiger partial charge in [0, 0.05) is 24.2 Å². The highest BCUT2D eigenvalue weighted by atomic mass is 19.3. The van der Waals surface area contributed by atoms with Gasteiger partial charge >= 0.3 is 0 Å². The Morgan fingerprint density at radius 3 is 1.81 bits per heavy atom. The fourth-order valence-corrected chi connectivity index (χ4v) is 4.26. The Labute approximate surface area is 122 Å². The van der Waals surface area contributed by atoms with Crippen LogP contribution in [0.4, 0.5) is 8.78 Å². The summed E-state index contributed by atoms with van der Waals surface area (Å²) < 4.78 is 27.1. The predicted octanol–water partition coefficient (Wildman–Crippen LogP) is 4.17. The number of hydrogen-bond acceptors (Lipinski definition) is 1. The normalized spacial score (nSPS) is 21.5. The van der Waals surface area contributed by atoms with Crippen LogP contribution in [0, 0.1) is 5.41 Å². The highest BCUT2D eigenvalue weighted by molar-refractivity contribution is 5.79. The molecule has 0 saturated heterocycles. The Kier molecular flexibility index (Phi) is 2.55. The van der Waals surface area contributed by atoms with E-state index in [0.717, 1.165) is 11.1 Å². The van der Waals surface area contributed by atoms with Crippen molar-refractivity contribution >= 4 is 0 Å². The lowest BCUT2D eigenvalue weighted by Gasteiger charge is -2.51. The van der Waals surface area contributed by atoms with Crippen molar-refractivity contribution in [2.45, 2.75) is 24.7 Å². The molecule has 0 aliphatic heterocycles. The monoisotopic (exact) mass is 285 g/mol. The summed E-state index contributed by atoms with van der Waals surface area (Å²) in [6.07, 6.45) is -0.215. The number of rotatable bonds is 2. The Morgan fingerprint density at radius 1 is 0.905 bits per heavy atom. The van der Waals surface area contributed by atoms with Gasteiger partial charge in [-0.25, -0.2) is 8.78 Å². The summed E-state index contributed by atoms with van der Waals surface area (Å²) in [4.78, 5) is 0. The average molecular weight is 285 g/mol. The van der Waals surface area contributed by atoms with Crippen LogP contribution >= 0.6 is 0 Å². The second-order valence-corrected chi connectivity index (χ2v) is 6.38. The van der Waals surface area contributed by atoms with Gasteiger partial charge in [0.15, 0.2) is 0 Å². The molecular formula is C18H17F2N. The van der Waals surface area contributed by atoms with Crippen LogP contribution in [0.15, 0.2) is 48.5 Å². The number of halogens is 2. The van der Waals surface area contributed by atoms with Gasteiger partial charge in [0.05, 0.1) is 0 Å². The maximum absolute atomic E-state index is 13.6. The van der Waals surface area contributed by atoms with Gasteiger partial charge in [0.2, 0.25) is 5.92 Å². The van der Waals surface area contributed by atoms with E-state index >= 15 is 0 Å². The quantitative estimate of drug-likeness (QED) is 0.880. The van der Waals surface area contributed by atoms with Crippen molar-refractivity contribution in [1.82, 2.24) is 0 Å². The predicted molar refractivity (Wildman–Crippen MR) is 79.4 cm³/mol. The van der Waals surface area contributed by atoms with Crippen molar-refractivity contribution in [1.29, 1.82) is 0 Å². The third-order valence-corrected chi connectivity index (χ3v) is 5.07. The van der Waals surface area contributed by atoms with Crippen molar-refractivity contribution in [3.8, 4) is 11.1 Å². The number of benzene rings is 2. The molecule has 1 nitrogen and oxygen atoms in total. The zero-order valence-electron chi connectivity index (χ0n) is 11.7. The van der Waals surface area contributed by atoms with E-state index < -0.39 is 11.3 Å². The smallest absolute Gasteiger partial charge is 0.249 e. The molecule has 21 heavy (non-hydrogen) atoms. The molecule has 2 aromatic rings. The van der Waals surface area contributed by atoms with E-state index in [-0.39, 0.29) is 18.8 Å². The van der Waals surface area contributed by atoms with Gasteiger partial charge in [-0.15, -0.1) is 0 Å². The van der Waals surface area contributed by atoms with Gasteiger partial charge in [0.1, 0.15) is 0 Å². The average Bonchev–Trinajstić information content (AvgIpc) is 2.79. The standard InChI is InChI=1S/C18H17F2N/c19-18(20)9-17(10-18,11-21)16-14-7-3-1-5-12(14)13-6-2-4-8-15(13)16/h1-8,16H,9-11,21H2. The molecule has 1 saturated carbocycles. The van der Waals surface area contributed by atoms with Crippen LogP contribution in [0.2, 0.25) is 0 Å². The van der Waals surface area contributed by atoms with Crippen LogP contribution in [0.5, 0.6) is 0 Å². The van der Waals surface area contributed by atoms with E-state index in [4.69, 9.17) is 5.73 Å². The molecule has 1 fully saturated rings. The molecule has 0 spiro atoms. The zero-order valence-corrected chi connectivity index (χ0v) is 11.7. The van der Waals surface area contributed by atoms with Crippen LogP contribution in [0.1, 0.15) is 29.9 Å². The highest BCUT2D eigenvalue weighted by Crippen LogP contribution is 2.63. The molecule has 0 heterocycles. The molecule has 2 aliphatic carbocycles. The van der Waals surface area contributed by atoms with Gasteiger partial charge in [-0.2, -0.15) is 0 Å². The first-order valence-electron chi connectivity index (χ1n) is 7.32. The van der Waals surface area contributed by atoms with Gasteiger partial charge in [-0.1, -0.05) is 48.5 Å². The maximum atomic E-state index is 13.6. The number of alkyl halides is 2.